The number of rotatable bonds is 6. The van der Waals surface area contributed by atoms with E-state index in [1.54, 1.807) is 0 Å². The van der Waals surface area contributed by atoms with Gasteiger partial charge in [-0.25, -0.2) is 0 Å². The zero-order chi connectivity index (χ0) is 23.0. The topological polar surface area (TPSA) is 0 Å². The predicted molar refractivity (Wildman–Crippen MR) is 146 cm³/mol. The van der Waals surface area contributed by atoms with Crippen molar-refractivity contribution in [3.8, 4) is 11.1 Å². The molecule has 4 aromatic carbocycles. The van der Waals surface area contributed by atoms with Gasteiger partial charge in [-0.1, -0.05) is 97.1 Å². The van der Waals surface area contributed by atoms with Crippen molar-refractivity contribution in [2.75, 3.05) is 0 Å². The van der Waals surface area contributed by atoms with Crippen molar-refractivity contribution in [2.24, 2.45) is 0 Å². The lowest BCUT2D eigenvalue weighted by Crippen LogP contribution is -2.30. The van der Waals surface area contributed by atoms with E-state index in [0.717, 1.165) is 22.6 Å². The summed E-state index contributed by atoms with van der Waals surface area (Å²) in [7, 11) is 0. The van der Waals surface area contributed by atoms with Gasteiger partial charge in [-0.3, -0.25) is 0 Å². The highest BCUT2D eigenvalue weighted by Gasteiger charge is 2.48. The summed E-state index contributed by atoms with van der Waals surface area (Å²) in [6.07, 6.45) is 5.43. The third kappa shape index (κ3) is 3.24. The van der Waals surface area contributed by atoms with Crippen LogP contribution in [0.25, 0.3) is 11.1 Å². The van der Waals surface area contributed by atoms with Crippen LogP contribution in [-0.2, 0) is 18.3 Å². The SMILES string of the molecule is C=CCc1cccc(C2(c3cccc(CC=C)c3S)c3ccccc3-c3ccccc32)c1S. The molecule has 0 heterocycles. The highest BCUT2D eigenvalue weighted by atomic mass is 32.1. The van der Waals surface area contributed by atoms with Crippen LogP contribution < -0.4 is 0 Å². The minimum atomic E-state index is -0.518. The highest BCUT2D eigenvalue weighted by molar-refractivity contribution is 7.80. The van der Waals surface area contributed by atoms with E-state index in [2.05, 4.69) is 98.1 Å². The van der Waals surface area contributed by atoms with Gasteiger partial charge in [-0.05, 0) is 57.3 Å². The Balaban J connectivity index is 1.98. The molecule has 1 aliphatic rings. The van der Waals surface area contributed by atoms with E-state index in [1.165, 1.54) is 44.5 Å². The maximum Gasteiger partial charge on any atom is 0.0735 e. The summed E-state index contributed by atoms with van der Waals surface area (Å²) in [5, 5.41) is 0. The van der Waals surface area contributed by atoms with Crippen molar-refractivity contribution in [3.05, 3.63) is 144 Å². The third-order valence-corrected chi connectivity index (χ3v) is 7.78. The number of benzene rings is 4. The third-order valence-electron chi connectivity index (χ3n) is 6.73. The molecule has 5 rings (SSSR count). The number of thiol groups is 2. The molecule has 1 aliphatic carbocycles. The molecule has 0 aliphatic heterocycles. The van der Waals surface area contributed by atoms with E-state index >= 15 is 0 Å². The van der Waals surface area contributed by atoms with Crippen molar-refractivity contribution in [2.45, 2.75) is 28.0 Å². The molecule has 0 nitrogen and oxygen atoms in total. The first-order chi connectivity index (χ1) is 16.1. The van der Waals surface area contributed by atoms with Crippen LogP contribution in [0.15, 0.2) is 120 Å². The molecule has 4 aromatic rings. The zero-order valence-corrected chi connectivity index (χ0v) is 20.2. The molecule has 0 N–H and O–H groups in total. The van der Waals surface area contributed by atoms with Gasteiger partial charge in [0.2, 0.25) is 0 Å². The van der Waals surface area contributed by atoms with Crippen molar-refractivity contribution in [1.82, 2.24) is 0 Å². The highest BCUT2D eigenvalue weighted by Crippen LogP contribution is 2.58. The van der Waals surface area contributed by atoms with Crippen LogP contribution in [0, 0.1) is 0 Å². The van der Waals surface area contributed by atoms with Crippen molar-refractivity contribution >= 4 is 25.3 Å². The van der Waals surface area contributed by atoms with Gasteiger partial charge in [-0.15, -0.1) is 38.4 Å². The second-order valence-electron chi connectivity index (χ2n) is 8.45. The Kier molecular flexibility index (Phi) is 5.82. The second kappa shape index (κ2) is 8.78. The number of hydrogen-bond acceptors (Lipinski definition) is 2. The molecule has 0 fully saturated rings. The summed E-state index contributed by atoms with van der Waals surface area (Å²) >= 11 is 10.2. The number of hydrogen-bond donors (Lipinski definition) is 2. The van der Waals surface area contributed by atoms with E-state index < -0.39 is 5.41 Å². The Bertz CT molecular complexity index is 1270. The Hall–Kier alpha value is -2.94. The molecule has 0 spiro atoms. The molecule has 0 saturated carbocycles. The van der Waals surface area contributed by atoms with Gasteiger partial charge in [0.05, 0.1) is 5.41 Å². The summed E-state index contributed by atoms with van der Waals surface area (Å²) in [5.74, 6) is 0. The minimum Gasteiger partial charge on any atom is -0.143 e. The molecule has 0 saturated heterocycles. The summed E-state index contributed by atoms with van der Waals surface area (Å²) < 4.78 is 0. The normalized spacial score (nSPS) is 13.3. The van der Waals surface area contributed by atoms with Crippen molar-refractivity contribution < 1.29 is 0 Å². The second-order valence-corrected chi connectivity index (χ2v) is 9.35. The Morgan fingerprint density at radius 2 is 0.939 bits per heavy atom. The van der Waals surface area contributed by atoms with Crippen LogP contribution >= 0.6 is 25.3 Å². The van der Waals surface area contributed by atoms with Gasteiger partial charge in [-0.2, -0.15) is 0 Å². The zero-order valence-electron chi connectivity index (χ0n) is 18.5. The first-order valence-electron chi connectivity index (χ1n) is 11.2. The first-order valence-corrected chi connectivity index (χ1v) is 12.1. The smallest absolute Gasteiger partial charge is 0.0735 e. The summed E-state index contributed by atoms with van der Waals surface area (Å²) in [6, 6.07) is 30.5. The van der Waals surface area contributed by atoms with Crippen molar-refractivity contribution in [3.63, 3.8) is 0 Å². The Morgan fingerprint density at radius 3 is 1.36 bits per heavy atom. The fourth-order valence-corrected chi connectivity index (χ4v) is 6.20. The predicted octanol–water partition coefficient (Wildman–Crippen LogP) is 8.08. The summed E-state index contributed by atoms with van der Waals surface area (Å²) in [5.41, 5.74) is 9.24. The molecule has 33 heavy (non-hydrogen) atoms. The van der Waals surface area contributed by atoms with Crippen LogP contribution in [0.4, 0.5) is 0 Å². The van der Waals surface area contributed by atoms with Gasteiger partial charge >= 0.3 is 0 Å². The standard InChI is InChI=1S/C31H26S2/c1-3-11-21-13-9-19-27(29(21)32)31(28-20-10-14-22(12-4-2)30(28)33)25-17-7-5-15-23(25)24-16-6-8-18-26(24)31/h3-10,13-20,32-33H,1-2,11-12H2. The quantitative estimate of drug-likeness (QED) is 0.185. The van der Waals surface area contributed by atoms with Gasteiger partial charge in [0, 0.05) is 9.79 Å². The van der Waals surface area contributed by atoms with Crippen LogP contribution in [0.2, 0.25) is 0 Å². The molecular formula is C31H26S2. The van der Waals surface area contributed by atoms with Gasteiger partial charge in [0.1, 0.15) is 0 Å². The van der Waals surface area contributed by atoms with Gasteiger partial charge < -0.3 is 0 Å². The Morgan fingerprint density at radius 1 is 0.545 bits per heavy atom. The van der Waals surface area contributed by atoms with E-state index in [1.807, 2.05) is 12.2 Å². The van der Waals surface area contributed by atoms with Crippen LogP contribution in [-0.4, -0.2) is 0 Å². The largest absolute Gasteiger partial charge is 0.143 e. The van der Waals surface area contributed by atoms with E-state index in [0.29, 0.717) is 0 Å². The molecule has 0 radical (unpaired) electrons. The maximum atomic E-state index is 5.12. The first kappa shape index (κ1) is 21.9. The minimum absolute atomic E-state index is 0.518. The molecule has 2 heteroatoms. The van der Waals surface area contributed by atoms with Crippen molar-refractivity contribution in [1.29, 1.82) is 0 Å². The fraction of sp³-hybridized carbons (Fsp3) is 0.0968. The molecule has 0 unspecified atom stereocenters. The van der Waals surface area contributed by atoms with Crippen LogP contribution in [0.1, 0.15) is 33.4 Å². The fourth-order valence-electron chi connectivity index (χ4n) is 5.39. The molecule has 0 amide bonds. The molecule has 162 valence electrons. The van der Waals surface area contributed by atoms with E-state index in [-0.39, 0.29) is 0 Å². The lowest BCUT2D eigenvalue weighted by molar-refractivity contribution is 0.726. The average Bonchev–Trinajstić information content (AvgIpc) is 3.13. The van der Waals surface area contributed by atoms with Crippen LogP contribution in [0.5, 0.6) is 0 Å². The summed E-state index contributed by atoms with van der Waals surface area (Å²) in [6.45, 7) is 7.92. The Labute approximate surface area is 207 Å². The van der Waals surface area contributed by atoms with E-state index in [4.69, 9.17) is 25.3 Å². The molecule has 0 bridgehead atoms. The lowest BCUT2D eigenvalue weighted by atomic mass is 9.67. The summed E-state index contributed by atoms with van der Waals surface area (Å²) in [4.78, 5) is 2.01. The average molecular weight is 463 g/mol. The molecule has 0 aromatic heterocycles. The monoisotopic (exact) mass is 462 g/mol. The van der Waals surface area contributed by atoms with Crippen LogP contribution in [0.3, 0.4) is 0 Å². The number of allylic oxidation sites excluding steroid dienone is 2. The maximum absolute atomic E-state index is 5.12. The molecule has 0 atom stereocenters. The molecular weight excluding hydrogens is 436 g/mol. The number of fused-ring (bicyclic) bond motifs is 3. The van der Waals surface area contributed by atoms with Gasteiger partial charge in [0.25, 0.3) is 0 Å². The van der Waals surface area contributed by atoms with E-state index in [9.17, 15) is 0 Å². The van der Waals surface area contributed by atoms with Gasteiger partial charge in [0.15, 0.2) is 0 Å². The lowest BCUT2D eigenvalue weighted by Gasteiger charge is -2.36.